The van der Waals surface area contributed by atoms with Crippen molar-refractivity contribution < 1.29 is 0 Å². The van der Waals surface area contributed by atoms with Gasteiger partial charge in [0.1, 0.15) is 11.4 Å². The standard InChI is InChI=1S/C16H21N3/c1-11-6-4-5-7-14(11)15-18-13(3)16(19-15)8-9-17-12(2)10-16/h4-7,12,17H,3,8-10H2,1-2H3,(H,18,19). The van der Waals surface area contributed by atoms with Gasteiger partial charge < -0.3 is 10.6 Å². The second-order valence-corrected chi connectivity index (χ2v) is 5.72. The lowest BCUT2D eigenvalue weighted by atomic mass is 9.83. The minimum absolute atomic E-state index is 0.109. The van der Waals surface area contributed by atoms with E-state index < -0.39 is 0 Å². The predicted octanol–water partition coefficient (Wildman–Crippen LogP) is 2.37. The van der Waals surface area contributed by atoms with E-state index in [9.17, 15) is 0 Å². The van der Waals surface area contributed by atoms with Gasteiger partial charge >= 0.3 is 0 Å². The molecule has 0 aliphatic carbocycles. The minimum atomic E-state index is -0.109. The van der Waals surface area contributed by atoms with Gasteiger partial charge in [0.2, 0.25) is 0 Å². The number of piperidine rings is 1. The number of nitrogens with zero attached hydrogens (tertiary/aromatic N) is 1. The smallest absolute Gasteiger partial charge is 0.133 e. The van der Waals surface area contributed by atoms with Crippen LogP contribution in [0.15, 0.2) is 41.5 Å². The first-order chi connectivity index (χ1) is 9.11. The average Bonchev–Trinajstić information content (AvgIpc) is 2.67. The van der Waals surface area contributed by atoms with Gasteiger partial charge in [-0.15, -0.1) is 0 Å². The summed E-state index contributed by atoms with van der Waals surface area (Å²) in [7, 11) is 0. The number of hydrogen-bond donors (Lipinski definition) is 2. The molecule has 2 heterocycles. The third-order valence-electron chi connectivity index (χ3n) is 4.23. The highest BCUT2D eigenvalue weighted by atomic mass is 15.2. The Morgan fingerprint density at radius 3 is 2.89 bits per heavy atom. The van der Waals surface area contributed by atoms with Crippen molar-refractivity contribution in [2.45, 2.75) is 38.3 Å². The van der Waals surface area contributed by atoms with E-state index in [4.69, 9.17) is 4.99 Å². The number of rotatable bonds is 1. The van der Waals surface area contributed by atoms with Crippen LogP contribution in [0, 0.1) is 6.92 Å². The van der Waals surface area contributed by atoms with Crippen LogP contribution in [0.3, 0.4) is 0 Å². The first-order valence-corrected chi connectivity index (χ1v) is 6.96. The molecule has 0 saturated carbocycles. The Kier molecular flexibility index (Phi) is 2.94. The summed E-state index contributed by atoms with van der Waals surface area (Å²) in [6.07, 6.45) is 2.05. The van der Waals surface area contributed by atoms with Crippen LogP contribution in [0.25, 0.3) is 0 Å². The lowest BCUT2D eigenvalue weighted by Crippen LogP contribution is -2.46. The van der Waals surface area contributed by atoms with Crippen molar-refractivity contribution in [2.75, 3.05) is 6.54 Å². The lowest BCUT2D eigenvalue weighted by Gasteiger charge is -2.35. The van der Waals surface area contributed by atoms with Crippen molar-refractivity contribution in [3.05, 3.63) is 47.7 Å². The fourth-order valence-electron chi connectivity index (χ4n) is 3.12. The third kappa shape index (κ3) is 2.08. The van der Waals surface area contributed by atoms with Crippen LogP contribution in [0.5, 0.6) is 0 Å². The van der Waals surface area contributed by atoms with Crippen LogP contribution in [0.2, 0.25) is 0 Å². The Hall–Kier alpha value is -1.61. The van der Waals surface area contributed by atoms with E-state index >= 15 is 0 Å². The van der Waals surface area contributed by atoms with Gasteiger partial charge in [0.05, 0.1) is 0 Å². The van der Waals surface area contributed by atoms with Crippen LogP contribution in [0.1, 0.15) is 30.9 Å². The molecule has 3 nitrogen and oxygen atoms in total. The van der Waals surface area contributed by atoms with E-state index in [1.807, 2.05) is 0 Å². The Morgan fingerprint density at radius 1 is 1.37 bits per heavy atom. The number of nitrogens with one attached hydrogen (secondary N) is 2. The molecule has 1 fully saturated rings. The summed E-state index contributed by atoms with van der Waals surface area (Å²) in [5, 5.41) is 6.90. The number of aryl methyl sites for hydroxylation is 1. The van der Waals surface area contributed by atoms with Gasteiger partial charge in [-0.1, -0.05) is 30.8 Å². The van der Waals surface area contributed by atoms with Crippen molar-refractivity contribution in [2.24, 2.45) is 4.99 Å². The molecule has 0 bridgehead atoms. The van der Waals surface area contributed by atoms with E-state index in [0.717, 1.165) is 30.9 Å². The number of amidine groups is 1. The molecule has 100 valence electrons. The van der Waals surface area contributed by atoms with E-state index in [-0.39, 0.29) is 5.54 Å². The summed E-state index contributed by atoms with van der Waals surface area (Å²) < 4.78 is 0. The summed E-state index contributed by atoms with van der Waals surface area (Å²) in [6.45, 7) is 9.56. The summed E-state index contributed by atoms with van der Waals surface area (Å²) in [6, 6.07) is 8.86. The van der Waals surface area contributed by atoms with Crippen LogP contribution < -0.4 is 10.6 Å². The van der Waals surface area contributed by atoms with Gasteiger partial charge in [-0.2, -0.15) is 0 Å². The fourth-order valence-corrected chi connectivity index (χ4v) is 3.12. The van der Waals surface area contributed by atoms with E-state index in [0.29, 0.717) is 6.04 Å². The van der Waals surface area contributed by atoms with E-state index in [2.05, 4.69) is 55.3 Å². The van der Waals surface area contributed by atoms with Crippen LogP contribution in [0.4, 0.5) is 0 Å². The lowest BCUT2D eigenvalue weighted by molar-refractivity contribution is 0.308. The quantitative estimate of drug-likeness (QED) is 0.808. The molecule has 1 spiro atoms. The monoisotopic (exact) mass is 255 g/mol. The zero-order valence-electron chi connectivity index (χ0n) is 11.7. The maximum atomic E-state index is 5.01. The molecule has 0 aromatic heterocycles. The third-order valence-corrected chi connectivity index (χ3v) is 4.23. The van der Waals surface area contributed by atoms with Gasteiger partial charge in [-0.25, -0.2) is 0 Å². The van der Waals surface area contributed by atoms with Crippen molar-refractivity contribution in [1.82, 2.24) is 10.6 Å². The molecular weight excluding hydrogens is 234 g/mol. The topological polar surface area (TPSA) is 36.4 Å². The van der Waals surface area contributed by atoms with Crippen molar-refractivity contribution in [3.8, 4) is 0 Å². The SMILES string of the molecule is C=C1NC(c2ccccc2C)=NC12CCNC(C)C2. The van der Waals surface area contributed by atoms with Gasteiger partial charge in [0.25, 0.3) is 0 Å². The highest BCUT2D eigenvalue weighted by Crippen LogP contribution is 2.36. The molecule has 1 aromatic carbocycles. The van der Waals surface area contributed by atoms with Gasteiger partial charge in [0, 0.05) is 17.3 Å². The summed E-state index contributed by atoms with van der Waals surface area (Å²) in [5.74, 6) is 0.984. The molecule has 2 aliphatic rings. The second-order valence-electron chi connectivity index (χ2n) is 5.72. The maximum Gasteiger partial charge on any atom is 0.133 e. The second kappa shape index (κ2) is 4.49. The molecule has 1 aromatic rings. The van der Waals surface area contributed by atoms with Crippen LogP contribution in [-0.2, 0) is 0 Å². The Morgan fingerprint density at radius 2 is 2.16 bits per heavy atom. The Bertz CT molecular complexity index is 547. The average molecular weight is 255 g/mol. The molecule has 0 amide bonds. The fraction of sp³-hybridized carbons (Fsp3) is 0.438. The zero-order valence-corrected chi connectivity index (χ0v) is 11.7. The first-order valence-electron chi connectivity index (χ1n) is 6.96. The van der Waals surface area contributed by atoms with Crippen molar-refractivity contribution in [1.29, 1.82) is 0 Å². The summed E-state index contributed by atoms with van der Waals surface area (Å²) >= 11 is 0. The first kappa shape index (κ1) is 12.4. The van der Waals surface area contributed by atoms with E-state index in [1.165, 1.54) is 11.1 Å². The minimum Gasteiger partial charge on any atom is -0.342 e. The maximum absolute atomic E-state index is 5.01. The van der Waals surface area contributed by atoms with Gasteiger partial charge in [-0.05, 0) is 38.8 Å². The molecule has 2 aliphatic heterocycles. The van der Waals surface area contributed by atoms with Gasteiger partial charge in [-0.3, -0.25) is 4.99 Å². The zero-order chi connectivity index (χ0) is 13.5. The summed E-state index contributed by atoms with van der Waals surface area (Å²) in [5.41, 5.74) is 3.38. The Balaban J connectivity index is 1.97. The molecule has 2 unspecified atom stereocenters. The molecule has 19 heavy (non-hydrogen) atoms. The molecule has 2 N–H and O–H groups in total. The largest absolute Gasteiger partial charge is 0.342 e. The molecular formula is C16H21N3. The Labute approximate surface area is 114 Å². The van der Waals surface area contributed by atoms with Crippen molar-refractivity contribution in [3.63, 3.8) is 0 Å². The molecule has 3 heteroatoms. The molecule has 3 rings (SSSR count). The van der Waals surface area contributed by atoms with Gasteiger partial charge in [0.15, 0.2) is 0 Å². The highest BCUT2D eigenvalue weighted by molar-refractivity contribution is 6.03. The number of hydrogen-bond acceptors (Lipinski definition) is 3. The van der Waals surface area contributed by atoms with Crippen molar-refractivity contribution >= 4 is 5.84 Å². The molecule has 2 atom stereocenters. The highest BCUT2D eigenvalue weighted by Gasteiger charge is 2.41. The number of aliphatic imine (C=N–C) groups is 1. The van der Waals surface area contributed by atoms with Crippen LogP contribution >= 0.6 is 0 Å². The predicted molar refractivity (Wildman–Crippen MR) is 79.4 cm³/mol. The normalized spacial score (nSPS) is 30.3. The number of benzene rings is 1. The van der Waals surface area contributed by atoms with E-state index in [1.54, 1.807) is 0 Å². The molecule has 0 radical (unpaired) electrons. The van der Waals surface area contributed by atoms with Crippen LogP contribution in [-0.4, -0.2) is 24.0 Å². The summed E-state index contributed by atoms with van der Waals surface area (Å²) in [4.78, 5) is 5.01. The molecule has 1 saturated heterocycles.